The number of hydrogen-bond acceptors (Lipinski definition) is 5. The molecular formula is C9H20ClN2O3P. The summed E-state index contributed by atoms with van der Waals surface area (Å²) in [6.45, 7) is 7.26. The first-order valence-electron chi connectivity index (χ1n) is 5.16. The second-order valence-corrected chi connectivity index (χ2v) is 7.93. The van der Waals surface area contributed by atoms with Gasteiger partial charge in [0, 0.05) is 0 Å². The second kappa shape index (κ2) is 5.59. The van der Waals surface area contributed by atoms with Crippen LogP contribution in [0.1, 0.15) is 34.1 Å². The van der Waals surface area contributed by atoms with Gasteiger partial charge in [0.05, 0.1) is 0 Å². The van der Waals surface area contributed by atoms with Crippen LogP contribution < -0.4 is 0 Å². The Morgan fingerprint density at radius 1 is 1.31 bits per heavy atom. The van der Waals surface area contributed by atoms with E-state index in [0.29, 0.717) is 0 Å². The summed E-state index contributed by atoms with van der Waals surface area (Å²) in [6.07, 6.45) is -0.199. The van der Waals surface area contributed by atoms with Crippen molar-refractivity contribution >= 4 is 19.3 Å². The summed E-state index contributed by atoms with van der Waals surface area (Å²) in [5, 5.41) is 8.53. The summed E-state index contributed by atoms with van der Waals surface area (Å²) < 4.78 is 5.94. The van der Waals surface area contributed by atoms with Crippen LogP contribution in [0.3, 0.4) is 0 Å². The van der Waals surface area contributed by atoms with Crippen LogP contribution >= 0.6 is 19.3 Å². The van der Waals surface area contributed by atoms with E-state index >= 15 is 0 Å². The Morgan fingerprint density at radius 2 is 1.75 bits per heavy atom. The van der Waals surface area contributed by atoms with Crippen molar-refractivity contribution in [3.63, 3.8) is 0 Å². The van der Waals surface area contributed by atoms with E-state index in [2.05, 4.69) is 4.08 Å². The molecule has 0 radical (unpaired) electrons. The van der Waals surface area contributed by atoms with Crippen LogP contribution in [0.4, 0.5) is 0 Å². The monoisotopic (exact) mass is 270 g/mol. The molecule has 0 bridgehead atoms. The Morgan fingerprint density at radius 3 is 2.00 bits per heavy atom. The van der Waals surface area contributed by atoms with Crippen molar-refractivity contribution in [1.82, 2.24) is 4.67 Å². The van der Waals surface area contributed by atoms with Gasteiger partial charge in [-0.1, -0.05) is 0 Å². The minimum absolute atomic E-state index is 0.0204. The third-order valence-corrected chi connectivity index (χ3v) is 6.27. The Kier molecular flexibility index (Phi) is 5.61. The van der Waals surface area contributed by atoms with Crippen LogP contribution in [0.5, 0.6) is 0 Å². The standard InChI is InChI=1S/C9H20ClN2O3P/c1-8(2)12(9(3)4)16(13,14,15-10)7-5-6-11/h8-9,13-14H,5,7H2,1-4H3. The van der Waals surface area contributed by atoms with Crippen LogP contribution in [0, 0.1) is 11.3 Å². The van der Waals surface area contributed by atoms with Gasteiger partial charge in [-0.3, -0.25) is 0 Å². The fourth-order valence-electron chi connectivity index (χ4n) is 1.96. The molecule has 0 saturated carbocycles. The average molecular weight is 271 g/mol. The van der Waals surface area contributed by atoms with Gasteiger partial charge in [0.15, 0.2) is 0 Å². The van der Waals surface area contributed by atoms with Gasteiger partial charge in [0.25, 0.3) is 0 Å². The fraction of sp³-hybridized carbons (Fsp3) is 0.889. The Labute approximate surface area is 102 Å². The van der Waals surface area contributed by atoms with Gasteiger partial charge in [-0.25, -0.2) is 0 Å². The first-order chi connectivity index (χ1) is 7.18. The summed E-state index contributed by atoms with van der Waals surface area (Å²) in [5.74, 6) is 0. The van der Waals surface area contributed by atoms with Gasteiger partial charge in [-0.2, -0.15) is 0 Å². The maximum absolute atomic E-state index is 10.3. The van der Waals surface area contributed by atoms with Crippen molar-refractivity contribution < 1.29 is 13.9 Å². The van der Waals surface area contributed by atoms with E-state index in [1.807, 2.05) is 33.8 Å². The van der Waals surface area contributed by atoms with Crippen molar-refractivity contribution in [3.05, 3.63) is 0 Å². The van der Waals surface area contributed by atoms with E-state index in [-0.39, 0.29) is 24.7 Å². The zero-order valence-corrected chi connectivity index (χ0v) is 11.7. The predicted molar refractivity (Wildman–Crippen MR) is 65.5 cm³/mol. The van der Waals surface area contributed by atoms with E-state index in [1.165, 1.54) is 4.67 Å². The first kappa shape index (κ1) is 16.1. The summed E-state index contributed by atoms with van der Waals surface area (Å²) in [7, 11) is -4.60. The van der Waals surface area contributed by atoms with E-state index in [9.17, 15) is 9.79 Å². The SMILES string of the molecule is CC(C)N(C(C)C)P(O)(O)(CCC#N)OCl. The van der Waals surface area contributed by atoms with Crippen molar-refractivity contribution in [3.8, 4) is 6.07 Å². The molecule has 2 N–H and O–H groups in total. The quantitative estimate of drug-likeness (QED) is 0.725. The van der Waals surface area contributed by atoms with Gasteiger partial charge in [-0.15, -0.1) is 0 Å². The molecular weight excluding hydrogens is 251 g/mol. The van der Waals surface area contributed by atoms with Crippen LogP contribution in [0.25, 0.3) is 0 Å². The molecule has 16 heavy (non-hydrogen) atoms. The van der Waals surface area contributed by atoms with E-state index in [0.717, 1.165) is 0 Å². The topological polar surface area (TPSA) is 76.7 Å². The zero-order valence-electron chi connectivity index (χ0n) is 10.1. The van der Waals surface area contributed by atoms with Crippen molar-refractivity contribution in [2.24, 2.45) is 0 Å². The molecule has 0 unspecified atom stereocenters. The second-order valence-electron chi connectivity index (χ2n) is 4.33. The molecule has 0 saturated heterocycles. The summed E-state index contributed by atoms with van der Waals surface area (Å²) in [4.78, 5) is 20.6. The molecule has 0 amide bonds. The molecule has 96 valence electrons. The summed E-state index contributed by atoms with van der Waals surface area (Å²) >= 11 is 5.28. The Bertz CT molecular complexity index is 270. The summed E-state index contributed by atoms with van der Waals surface area (Å²) in [5.41, 5.74) is 0. The molecule has 0 spiro atoms. The molecule has 0 rings (SSSR count). The maximum atomic E-state index is 10.3. The number of halogens is 1. The summed E-state index contributed by atoms with van der Waals surface area (Å²) in [6, 6.07) is 1.57. The molecule has 0 heterocycles. The van der Waals surface area contributed by atoms with Gasteiger partial charge in [0.2, 0.25) is 0 Å². The molecule has 0 aliphatic carbocycles. The molecule has 7 heteroatoms. The van der Waals surface area contributed by atoms with E-state index in [4.69, 9.17) is 17.1 Å². The zero-order chi connectivity index (χ0) is 13.0. The number of nitrogens with zero attached hydrogens (tertiary/aromatic N) is 2. The molecule has 5 nitrogen and oxygen atoms in total. The third-order valence-electron chi connectivity index (χ3n) is 2.28. The van der Waals surface area contributed by atoms with Gasteiger partial charge >= 0.3 is 102 Å². The van der Waals surface area contributed by atoms with E-state index < -0.39 is 7.43 Å². The molecule has 0 aromatic rings. The number of rotatable bonds is 6. The average Bonchev–Trinajstić information content (AvgIpc) is 2.14. The molecule has 0 aromatic carbocycles. The normalized spacial score (nSPS) is 15.2. The Balaban J connectivity index is 5.24. The van der Waals surface area contributed by atoms with Crippen molar-refractivity contribution in [1.29, 1.82) is 5.26 Å². The predicted octanol–water partition coefficient (Wildman–Crippen LogP) is 2.39. The molecule has 0 aliphatic heterocycles. The fourth-order valence-corrected chi connectivity index (χ4v) is 5.10. The van der Waals surface area contributed by atoms with Gasteiger partial charge < -0.3 is 0 Å². The number of nitriles is 1. The first-order valence-corrected chi connectivity index (χ1v) is 7.66. The minimum atomic E-state index is -4.60. The third kappa shape index (κ3) is 3.53. The molecule has 0 aliphatic rings. The molecule has 0 fully saturated rings. The van der Waals surface area contributed by atoms with Gasteiger partial charge in [0.1, 0.15) is 0 Å². The van der Waals surface area contributed by atoms with Crippen LogP contribution in [0.2, 0.25) is 0 Å². The molecule has 0 aromatic heterocycles. The molecule has 0 atom stereocenters. The van der Waals surface area contributed by atoms with E-state index in [1.54, 1.807) is 0 Å². The van der Waals surface area contributed by atoms with Crippen molar-refractivity contribution in [2.45, 2.75) is 46.2 Å². The van der Waals surface area contributed by atoms with Gasteiger partial charge in [-0.05, 0) is 0 Å². The Hall–Kier alpha value is 0.0500. The van der Waals surface area contributed by atoms with Crippen LogP contribution in [0.15, 0.2) is 0 Å². The van der Waals surface area contributed by atoms with Crippen molar-refractivity contribution in [2.75, 3.05) is 6.16 Å². The van der Waals surface area contributed by atoms with Crippen LogP contribution in [-0.4, -0.2) is 32.7 Å². The number of hydrogen-bond donors (Lipinski definition) is 2. The van der Waals surface area contributed by atoms with Crippen LogP contribution in [-0.2, 0) is 4.08 Å².